The van der Waals surface area contributed by atoms with Crippen LogP contribution in [0.15, 0.2) is 47.4 Å². The van der Waals surface area contributed by atoms with Gasteiger partial charge >= 0.3 is 5.97 Å². The normalized spacial score (nSPS) is 11.6. The van der Waals surface area contributed by atoms with E-state index >= 15 is 0 Å². The van der Waals surface area contributed by atoms with Crippen LogP contribution in [0.5, 0.6) is 0 Å². The van der Waals surface area contributed by atoms with Crippen LogP contribution in [0.4, 0.5) is 4.39 Å². The topological polar surface area (TPSA) is 115 Å². The monoisotopic (exact) mass is 443 g/mol. The first-order valence-corrected chi connectivity index (χ1v) is 11.3. The molecule has 0 spiro atoms. The smallest absolute Gasteiger partial charge is 0.307 e. The number of hydrogen-bond acceptors (Lipinski definition) is 4. The Hall–Kier alpha value is -3.10. The van der Waals surface area contributed by atoms with E-state index in [-0.39, 0.29) is 22.4 Å². The average Bonchev–Trinajstić information content (AvgIpc) is 2.70. The highest BCUT2D eigenvalue weighted by molar-refractivity contribution is 7.89. The fraction of sp³-hybridized carbons (Fsp3) is 0.217. The number of carbonyl (C=O) groups excluding carboxylic acids is 1. The Kier molecular flexibility index (Phi) is 6.24. The van der Waals surface area contributed by atoms with Gasteiger partial charge < -0.3 is 5.11 Å². The summed E-state index contributed by atoms with van der Waals surface area (Å²) in [5.41, 5.74) is 1.86. The van der Waals surface area contributed by atoms with Gasteiger partial charge in [0.1, 0.15) is 5.82 Å². The molecular weight excluding hydrogens is 421 g/mol. The summed E-state index contributed by atoms with van der Waals surface area (Å²) in [4.78, 5) is 24.8. The lowest BCUT2D eigenvalue weighted by Gasteiger charge is -2.17. The molecule has 0 aliphatic heterocycles. The minimum absolute atomic E-state index is 0.0288. The van der Waals surface area contributed by atoms with Crippen molar-refractivity contribution in [2.45, 2.75) is 38.0 Å². The third-order valence-electron chi connectivity index (χ3n) is 5.22. The number of carboxylic acid groups (broad SMARTS) is 1. The molecule has 3 rings (SSSR count). The molecule has 6 nitrogen and oxygen atoms in total. The second-order valence-corrected chi connectivity index (χ2v) is 8.76. The molecule has 162 valence electrons. The van der Waals surface area contributed by atoms with Crippen LogP contribution in [0.25, 0.3) is 10.8 Å². The number of carboxylic acids is 1. The Bertz CT molecular complexity index is 1320. The highest BCUT2D eigenvalue weighted by atomic mass is 32.2. The molecule has 31 heavy (non-hydrogen) atoms. The fourth-order valence-corrected chi connectivity index (χ4v) is 4.81. The van der Waals surface area contributed by atoms with Crippen molar-refractivity contribution >= 4 is 32.5 Å². The Balaban J connectivity index is 2.30. The van der Waals surface area contributed by atoms with Crippen LogP contribution in [0.2, 0.25) is 0 Å². The summed E-state index contributed by atoms with van der Waals surface area (Å²) in [6.45, 7) is 3.58. The van der Waals surface area contributed by atoms with Gasteiger partial charge in [-0.25, -0.2) is 17.9 Å². The van der Waals surface area contributed by atoms with Gasteiger partial charge in [-0.1, -0.05) is 26.0 Å². The summed E-state index contributed by atoms with van der Waals surface area (Å²) in [7, 11) is -3.97. The summed E-state index contributed by atoms with van der Waals surface area (Å²) in [6, 6.07) is 9.76. The van der Waals surface area contributed by atoms with E-state index in [1.807, 2.05) is 0 Å². The first kappa shape index (κ1) is 22.6. The quantitative estimate of drug-likeness (QED) is 0.542. The summed E-state index contributed by atoms with van der Waals surface area (Å²) < 4.78 is 37.9. The number of rotatable bonds is 7. The second-order valence-electron chi connectivity index (χ2n) is 7.23. The van der Waals surface area contributed by atoms with Crippen molar-refractivity contribution in [3.05, 3.63) is 76.1 Å². The number of fused-ring (bicyclic) bond motifs is 1. The Morgan fingerprint density at radius 1 is 0.968 bits per heavy atom. The van der Waals surface area contributed by atoms with Crippen molar-refractivity contribution < 1.29 is 27.5 Å². The maximum Gasteiger partial charge on any atom is 0.307 e. The van der Waals surface area contributed by atoms with E-state index in [0.717, 1.165) is 0 Å². The molecule has 0 unspecified atom stereocenters. The lowest BCUT2D eigenvalue weighted by atomic mass is 9.89. The highest BCUT2D eigenvalue weighted by Crippen LogP contribution is 2.30. The molecule has 0 amide bonds. The summed E-state index contributed by atoms with van der Waals surface area (Å²) in [6.07, 6.45) is 0.442. The number of aliphatic carboxylic acids is 1. The summed E-state index contributed by atoms with van der Waals surface area (Å²) in [5, 5.41) is 15.4. The standard InChI is InChI=1S/C23H22FNO5S/c1-3-16-17(4-2)21(31(25,29)30)8-7-18(16)23(28)20-10-13(11-22(26)27)9-14-5-6-15(24)12-19(14)20/h5-10,12H,3-4,11H2,1-2H3,(H,26,27)(H2,25,29,30). The van der Waals surface area contributed by atoms with Gasteiger partial charge in [-0.15, -0.1) is 0 Å². The Morgan fingerprint density at radius 2 is 1.65 bits per heavy atom. The molecular formula is C23H22FNO5S. The molecule has 0 atom stereocenters. The molecule has 3 N–H and O–H groups in total. The first-order chi connectivity index (χ1) is 14.6. The van der Waals surface area contributed by atoms with E-state index in [2.05, 4.69) is 0 Å². The largest absolute Gasteiger partial charge is 0.481 e. The summed E-state index contributed by atoms with van der Waals surface area (Å²) in [5.74, 6) is -2.02. The number of carbonyl (C=O) groups is 2. The van der Waals surface area contributed by atoms with Gasteiger partial charge in [0.2, 0.25) is 10.0 Å². The zero-order valence-corrected chi connectivity index (χ0v) is 17.9. The Morgan fingerprint density at radius 3 is 2.23 bits per heavy atom. The van der Waals surface area contributed by atoms with Crippen molar-refractivity contribution in [2.24, 2.45) is 5.14 Å². The highest BCUT2D eigenvalue weighted by Gasteiger charge is 2.23. The number of hydrogen-bond donors (Lipinski definition) is 2. The SMILES string of the molecule is CCc1c(C(=O)c2cc(CC(=O)O)cc3ccc(F)cc23)ccc(S(N)(=O)=O)c1CC. The van der Waals surface area contributed by atoms with Crippen molar-refractivity contribution in [3.8, 4) is 0 Å². The van der Waals surface area contributed by atoms with E-state index in [4.69, 9.17) is 5.14 Å². The van der Waals surface area contributed by atoms with Crippen LogP contribution in [-0.2, 0) is 34.1 Å². The molecule has 0 aromatic heterocycles. The zero-order valence-electron chi connectivity index (χ0n) is 17.1. The van der Waals surface area contributed by atoms with Crippen molar-refractivity contribution in [1.82, 2.24) is 0 Å². The molecule has 0 radical (unpaired) electrons. The van der Waals surface area contributed by atoms with Gasteiger partial charge in [-0.05, 0) is 70.6 Å². The van der Waals surface area contributed by atoms with Crippen LogP contribution in [0.3, 0.4) is 0 Å². The number of sulfonamides is 1. The maximum absolute atomic E-state index is 14.0. The number of ketones is 1. The molecule has 8 heteroatoms. The van der Waals surface area contributed by atoms with Crippen LogP contribution >= 0.6 is 0 Å². The van der Waals surface area contributed by atoms with Gasteiger partial charge in [0.05, 0.1) is 11.3 Å². The third-order valence-corrected chi connectivity index (χ3v) is 6.22. The molecule has 0 saturated heterocycles. The molecule has 0 saturated carbocycles. The van der Waals surface area contributed by atoms with Crippen LogP contribution in [0.1, 0.15) is 46.5 Å². The van der Waals surface area contributed by atoms with Gasteiger partial charge in [0.25, 0.3) is 0 Å². The maximum atomic E-state index is 14.0. The van der Waals surface area contributed by atoms with E-state index in [0.29, 0.717) is 40.3 Å². The van der Waals surface area contributed by atoms with Crippen molar-refractivity contribution in [1.29, 1.82) is 0 Å². The van der Waals surface area contributed by atoms with E-state index in [1.165, 1.54) is 36.4 Å². The second kappa shape index (κ2) is 8.56. The van der Waals surface area contributed by atoms with Crippen LogP contribution < -0.4 is 5.14 Å². The zero-order chi connectivity index (χ0) is 22.9. The molecule has 3 aromatic carbocycles. The minimum Gasteiger partial charge on any atom is -0.481 e. The molecule has 0 bridgehead atoms. The number of nitrogens with two attached hydrogens (primary N) is 1. The van der Waals surface area contributed by atoms with Gasteiger partial charge in [0, 0.05) is 11.1 Å². The van der Waals surface area contributed by atoms with E-state index < -0.39 is 27.6 Å². The van der Waals surface area contributed by atoms with Crippen molar-refractivity contribution in [2.75, 3.05) is 0 Å². The average molecular weight is 443 g/mol. The number of primary sulfonamides is 1. The van der Waals surface area contributed by atoms with Crippen LogP contribution in [-0.4, -0.2) is 25.3 Å². The molecule has 3 aromatic rings. The molecule has 0 aliphatic rings. The van der Waals surface area contributed by atoms with Gasteiger partial charge in [-0.2, -0.15) is 0 Å². The predicted molar refractivity (Wildman–Crippen MR) is 115 cm³/mol. The number of benzene rings is 3. The molecule has 0 fully saturated rings. The lowest BCUT2D eigenvalue weighted by molar-refractivity contribution is -0.136. The first-order valence-electron chi connectivity index (χ1n) is 9.73. The molecule has 0 heterocycles. The minimum atomic E-state index is -3.97. The predicted octanol–water partition coefficient (Wildman–Crippen LogP) is 3.61. The van der Waals surface area contributed by atoms with E-state index in [9.17, 15) is 27.5 Å². The van der Waals surface area contributed by atoms with E-state index in [1.54, 1.807) is 19.9 Å². The Labute approximate surface area is 179 Å². The fourth-order valence-electron chi connectivity index (χ4n) is 3.94. The third kappa shape index (κ3) is 4.50. The lowest BCUT2D eigenvalue weighted by Crippen LogP contribution is -2.18. The van der Waals surface area contributed by atoms with Gasteiger partial charge in [-0.3, -0.25) is 9.59 Å². The summed E-state index contributed by atoms with van der Waals surface area (Å²) >= 11 is 0. The molecule has 0 aliphatic carbocycles. The van der Waals surface area contributed by atoms with Crippen LogP contribution in [0, 0.1) is 5.82 Å². The van der Waals surface area contributed by atoms with Crippen molar-refractivity contribution in [3.63, 3.8) is 0 Å². The van der Waals surface area contributed by atoms with Gasteiger partial charge in [0.15, 0.2) is 5.78 Å². The number of halogens is 1.